The molecule has 1 aromatic heterocycles. The molecule has 0 saturated carbocycles. The molecule has 0 amide bonds. The minimum atomic E-state index is -0.831. The van der Waals surface area contributed by atoms with Gasteiger partial charge in [-0.05, 0) is 41.7 Å². The number of nitroso groups, excluding NO2 is 1. The maximum atomic E-state index is 11.4. The standard InChI is InChI=1S/C11H9N3O4S/c1-18-7-4-2-6(3-5-7)14-10(16)8(13-17)9(15)12-11(14)19/h2-5,16H,1H3,(H,12,15,19). The summed E-state index contributed by atoms with van der Waals surface area (Å²) in [5.74, 6) is 0.0156. The molecule has 19 heavy (non-hydrogen) atoms. The second kappa shape index (κ2) is 5.02. The molecule has 0 unspecified atom stereocenters. The lowest BCUT2D eigenvalue weighted by Crippen LogP contribution is -2.12. The van der Waals surface area contributed by atoms with Crippen LogP contribution < -0.4 is 10.3 Å². The Bertz CT molecular complexity index is 733. The fourth-order valence-corrected chi connectivity index (χ4v) is 1.85. The smallest absolute Gasteiger partial charge is 0.285 e. The zero-order chi connectivity index (χ0) is 14.0. The fourth-order valence-electron chi connectivity index (χ4n) is 1.57. The summed E-state index contributed by atoms with van der Waals surface area (Å²) in [4.78, 5) is 24.2. The summed E-state index contributed by atoms with van der Waals surface area (Å²) in [6, 6.07) is 6.52. The Morgan fingerprint density at radius 3 is 2.53 bits per heavy atom. The van der Waals surface area contributed by atoms with Crippen LogP contribution in [0.5, 0.6) is 11.6 Å². The third-order valence-electron chi connectivity index (χ3n) is 2.48. The number of ether oxygens (including phenoxy) is 1. The van der Waals surface area contributed by atoms with Gasteiger partial charge in [-0.25, -0.2) is 0 Å². The monoisotopic (exact) mass is 279 g/mol. The molecule has 0 bridgehead atoms. The van der Waals surface area contributed by atoms with Crippen molar-refractivity contribution in [3.05, 3.63) is 44.3 Å². The summed E-state index contributed by atoms with van der Waals surface area (Å²) in [6.07, 6.45) is 0. The van der Waals surface area contributed by atoms with Crippen LogP contribution in [0, 0.1) is 9.68 Å². The zero-order valence-corrected chi connectivity index (χ0v) is 10.6. The van der Waals surface area contributed by atoms with E-state index in [9.17, 15) is 14.8 Å². The third-order valence-corrected chi connectivity index (χ3v) is 2.77. The molecule has 0 aliphatic rings. The van der Waals surface area contributed by atoms with Gasteiger partial charge in [-0.2, -0.15) is 0 Å². The molecular weight excluding hydrogens is 270 g/mol. The molecule has 7 nitrogen and oxygen atoms in total. The van der Waals surface area contributed by atoms with Crippen molar-refractivity contribution in [1.29, 1.82) is 0 Å². The predicted octanol–water partition coefficient (Wildman–Crippen LogP) is 2.01. The number of rotatable bonds is 3. The molecular formula is C11H9N3O4S. The molecule has 0 atom stereocenters. The SMILES string of the molecule is COc1ccc(-n2c(O)c(N=O)c(=O)[nH]c2=S)cc1. The van der Waals surface area contributed by atoms with Crippen molar-refractivity contribution < 1.29 is 9.84 Å². The van der Waals surface area contributed by atoms with Crippen LogP contribution in [0.4, 0.5) is 5.69 Å². The number of benzene rings is 1. The Kier molecular flexibility index (Phi) is 3.43. The number of nitrogens with one attached hydrogen (secondary N) is 1. The number of nitrogens with zero attached hydrogens (tertiary/aromatic N) is 2. The Balaban J connectivity index is 2.71. The maximum Gasteiger partial charge on any atom is 0.285 e. The van der Waals surface area contributed by atoms with Crippen LogP contribution in [0.3, 0.4) is 0 Å². The molecule has 0 aliphatic heterocycles. The number of hydrogen-bond acceptors (Lipinski definition) is 6. The number of aromatic amines is 1. The minimum Gasteiger partial charge on any atom is -0.497 e. The van der Waals surface area contributed by atoms with Gasteiger partial charge >= 0.3 is 0 Å². The summed E-state index contributed by atoms with van der Waals surface area (Å²) < 4.78 is 6.10. The normalized spacial score (nSPS) is 10.2. The molecule has 1 heterocycles. The Labute approximate surface area is 112 Å². The summed E-state index contributed by atoms with van der Waals surface area (Å²) in [7, 11) is 1.52. The highest BCUT2D eigenvalue weighted by atomic mass is 32.1. The van der Waals surface area contributed by atoms with Crippen LogP contribution in [0.1, 0.15) is 0 Å². The lowest BCUT2D eigenvalue weighted by atomic mass is 10.3. The van der Waals surface area contributed by atoms with E-state index in [1.807, 2.05) is 0 Å². The van der Waals surface area contributed by atoms with Crippen molar-refractivity contribution in [1.82, 2.24) is 9.55 Å². The molecule has 0 saturated heterocycles. The van der Waals surface area contributed by atoms with Gasteiger partial charge < -0.3 is 9.84 Å². The molecule has 2 aromatic rings. The summed E-state index contributed by atoms with van der Waals surface area (Å²) in [6.45, 7) is 0. The summed E-state index contributed by atoms with van der Waals surface area (Å²) >= 11 is 4.95. The summed E-state index contributed by atoms with van der Waals surface area (Å²) in [5, 5.41) is 12.4. The van der Waals surface area contributed by atoms with E-state index in [1.165, 1.54) is 7.11 Å². The van der Waals surface area contributed by atoms with Crippen LogP contribution >= 0.6 is 12.2 Å². The number of aromatic hydroxyl groups is 1. The highest BCUT2D eigenvalue weighted by Gasteiger charge is 2.14. The van der Waals surface area contributed by atoms with E-state index >= 15 is 0 Å². The maximum absolute atomic E-state index is 11.4. The van der Waals surface area contributed by atoms with E-state index in [4.69, 9.17) is 17.0 Å². The lowest BCUT2D eigenvalue weighted by molar-refractivity contribution is 0.414. The number of aromatic nitrogens is 2. The quantitative estimate of drug-likeness (QED) is 0.661. The lowest BCUT2D eigenvalue weighted by Gasteiger charge is -2.10. The topological polar surface area (TPSA) is 96.7 Å². The molecule has 1 aromatic carbocycles. The Hall–Kier alpha value is -2.48. The van der Waals surface area contributed by atoms with Gasteiger partial charge in [0, 0.05) is 0 Å². The number of hydrogen-bond donors (Lipinski definition) is 2. The van der Waals surface area contributed by atoms with E-state index in [0.717, 1.165) is 4.57 Å². The van der Waals surface area contributed by atoms with Crippen molar-refractivity contribution in [2.75, 3.05) is 7.11 Å². The second-order valence-electron chi connectivity index (χ2n) is 3.56. The predicted molar refractivity (Wildman–Crippen MR) is 70.9 cm³/mol. The van der Waals surface area contributed by atoms with Crippen molar-refractivity contribution in [3.8, 4) is 17.3 Å². The first kappa shape index (κ1) is 13.0. The van der Waals surface area contributed by atoms with Gasteiger partial charge in [0.05, 0.1) is 12.8 Å². The molecule has 98 valence electrons. The van der Waals surface area contributed by atoms with Gasteiger partial charge in [-0.1, -0.05) is 0 Å². The van der Waals surface area contributed by atoms with E-state index in [1.54, 1.807) is 24.3 Å². The summed E-state index contributed by atoms with van der Waals surface area (Å²) in [5.41, 5.74) is -0.990. The highest BCUT2D eigenvalue weighted by Crippen LogP contribution is 2.25. The Morgan fingerprint density at radius 2 is 2.00 bits per heavy atom. The van der Waals surface area contributed by atoms with Crippen LogP contribution in [0.15, 0.2) is 34.2 Å². The van der Waals surface area contributed by atoms with Crippen LogP contribution in [-0.2, 0) is 0 Å². The van der Waals surface area contributed by atoms with E-state index < -0.39 is 17.1 Å². The van der Waals surface area contributed by atoms with Gasteiger partial charge in [-0.15, -0.1) is 4.91 Å². The second-order valence-corrected chi connectivity index (χ2v) is 3.94. The van der Waals surface area contributed by atoms with Crippen molar-refractivity contribution >= 4 is 17.9 Å². The first-order valence-corrected chi connectivity index (χ1v) is 5.55. The third kappa shape index (κ3) is 2.25. The van der Waals surface area contributed by atoms with Crippen LogP contribution in [0.2, 0.25) is 0 Å². The average Bonchev–Trinajstić information content (AvgIpc) is 2.39. The highest BCUT2D eigenvalue weighted by molar-refractivity contribution is 7.71. The van der Waals surface area contributed by atoms with Gasteiger partial charge in [0.1, 0.15) is 5.75 Å². The first-order valence-electron chi connectivity index (χ1n) is 5.14. The molecule has 0 spiro atoms. The number of H-pyrrole nitrogens is 1. The minimum absolute atomic E-state index is 0.0416. The van der Waals surface area contributed by atoms with Crippen LogP contribution in [-0.4, -0.2) is 21.8 Å². The molecule has 2 N–H and O–H groups in total. The Morgan fingerprint density at radius 1 is 1.37 bits per heavy atom. The van der Waals surface area contributed by atoms with E-state index in [2.05, 4.69) is 10.2 Å². The molecule has 0 fully saturated rings. The van der Waals surface area contributed by atoms with Gasteiger partial charge in [-0.3, -0.25) is 14.3 Å². The molecule has 0 aliphatic carbocycles. The molecule has 2 rings (SSSR count). The average molecular weight is 279 g/mol. The van der Waals surface area contributed by atoms with Crippen molar-refractivity contribution in [3.63, 3.8) is 0 Å². The zero-order valence-electron chi connectivity index (χ0n) is 9.78. The van der Waals surface area contributed by atoms with Crippen molar-refractivity contribution in [2.45, 2.75) is 0 Å². The van der Waals surface area contributed by atoms with Crippen molar-refractivity contribution in [2.24, 2.45) is 5.18 Å². The first-order chi connectivity index (χ1) is 9.08. The van der Waals surface area contributed by atoms with E-state index in [-0.39, 0.29) is 4.77 Å². The number of methoxy groups -OCH3 is 1. The van der Waals surface area contributed by atoms with E-state index in [0.29, 0.717) is 11.4 Å². The molecule has 8 heteroatoms. The van der Waals surface area contributed by atoms with Gasteiger partial charge in [0.15, 0.2) is 4.77 Å². The molecule has 0 radical (unpaired) electrons. The van der Waals surface area contributed by atoms with Gasteiger partial charge in [0.2, 0.25) is 11.6 Å². The fraction of sp³-hybridized carbons (Fsp3) is 0.0909. The van der Waals surface area contributed by atoms with Gasteiger partial charge in [0.25, 0.3) is 5.56 Å². The largest absolute Gasteiger partial charge is 0.497 e. The van der Waals surface area contributed by atoms with Crippen LogP contribution in [0.25, 0.3) is 5.69 Å².